The van der Waals surface area contributed by atoms with Gasteiger partial charge >= 0.3 is 5.97 Å². The van der Waals surface area contributed by atoms with E-state index in [1.807, 2.05) is 51.1 Å². The molecule has 2 aromatic heterocycles. The fourth-order valence-corrected chi connectivity index (χ4v) is 3.32. The van der Waals surface area contributed by atoms with Crippen molar-refractivity contribution in [2.75, 3.05) is 6.54 Å². The van der Waals surface area contributed by atoms with Gasteiger partial charge in [-0.25, -0.2) is 4.98 Å². The minimum atomic E-state index is -1.04. The zero-order valence-corrected chi connectivity index (χ0v) is 16.5. The zero-order chi connectivity index (χ0) is 20.4. The summed E-state index contributed by atoms with van der Waals surface area (Å²) in [6, 6.07) is 11.1. The van der Waals surface area contributed by atoms with E-state index in [9.17, 15) is 14.7 Å². The highest BCUT2D eigenvalue weighted by atomic mass is 16.4. The topological polar surface area (TPSA) is 88.3 Å². The molecule has 0 aliphatic carbocycles. The molecule has 3 aromatic rings. The molecule has 0 saturated carbocycles. The Bertz CT molecular complexity index is 1030. The first-order valence-electron chi connectivity index (χ1n) is 9.26. The van der Waals surface area contributed by atoms with Crippen LogP contribution in [-0.4, -0.2) is 49.2 Å². The van der Waals surface area contributed by atoms with Gasteiger partial charge in [-0.05, 0) is 26.3 Å². The summed E-state index contributed by atoms with van der Waals surface area (Å²) in [6.45, 7) is 5.26. The van der Waals surface area contributed by atoms with Gasteiger partial charge in [-0.1, -0.05) is 37.3 Å². The average Bonchev–Trinajstić information content (AvgIpc) is 2.98. The zero-order valence-electron chi connectivity index (χ0n) is 16.5. The van der Waals surface area contributed by atoms with Crippen molar-refractivity contribution in [3.05, 3.63) is 47.7 Å². The number of fused-ring (bicyclic) bond motifs is 1. The molecule has 0 radical (unpaired) electrons. The molecule has 28 heavy (non-hydrogen) atoms. The van der Waals surface area contributed by atoms with Crippen LogP contribution in [0, 0.1) is 6.92 Å². The minimum Gasteiger partial charge on any atom is -0.480 e. The van der Waals surface area contributed by atoms with Crippen molar-refractivity contribution in [2.45, 2.75) is 33.2 Å². The summed E-state index contributed by atoms with van der Waals surface area (Å²) in [5.41, 5.74) is 3.24. The lowest BCUT2D eigenvalue weighted by Crippen LogP contribution is -2.42. The van der Waals surface area contributed by atoms with Crippen molar-refractivity contribution in [1.82, 2.24) is 19.7 Å². The molecule has 1 atom stereocenters. The number of benzene rings is 1. The number of hydrogen-bond acceptors (Lipinski definition) is 4. The van der Waals surface area contributed by atoms with Crippen molar-refractivity contribution in [2.24, 2.45) is 7.05 Å². The van der Waals surface area contributed by atoms with Crippen LogP contribution in [0.3, 0.4) is 0 Å². The van der Waals surface area contributed by atoms with E-state index in [4.69, 9.17) is 4.98 Å². The van der Waals surface area contributed by atoms with Gasteiger partial charge in [0.2, 0.25) is 0 Å². The standard InChI is InChI=1S/C21H24N4O3/c1-5-13(2)25(12-18(26)27)21(28)16-11-17(15-9-7-6-8-10-15)22-20-19(16)14(3)23-24(20)4/h6-11,13H,5,12H2,1-4H3,(H,26,27). The average molecular weight is 380 g/mol. The molecule has 2 heterocycles. The second-order valence-electron chi connectivity index (χ2n) is 6.91. The molecule has 146 valence electrons. The Kier molecular flexibility index (Phi) is 5.44. The largest absolute Gasteiger partial charge is 0.480 e. The number of pyridine rings is 1. The van der Waals surface area contributed by atoms with Crippen LogP contribution >= 0.6 is 0 Å². The summed E-state index contributed by atoms with van der Waals surface area (Å²) in [5, 5.41) is 14.4. The Hall–Kier alpha value is -3.22. The predicted octanol–water partition coefficient (Wildman–Crippen LogP) is 3.27. The fourth-order valence-electron chi connectivity index (χ4n) is 3.32. The van der Waals surface area contributed by atoms with Gasteiger partial charge in [0.25, 0.3) is 5.91 Å². The van der Waals surface area contributed by atoms with Crippen LogP contribution < -0.4 is 0 Å². The van der Waals surface area contributed by atoms with Crippen molar-refractivity contribution < 1.29 is 14.7 Å². The number of carbonyl (C=O) groups is 2. The molecule has 0 saturated heterocycles. The normalized spacial score (nSPS) is 12.1. The van der Waals surface area contributed by atoms with Gasteiger partial charge in [-0.15, -0.1) is 0 Å². The van der Waals surface area contributed by atoms with E-state index in [1.165, 1.54) is 4.90 Å². The SMILES string of the molecule is CCC(C)N(CC(=O)O)C(=O)c1cc(-c2ccccc2)nc2c1c(C)nn2C. The van der Waals surface area contributed by atoms with E-state index in [0.29, 0.717) is 34.4 Å². The number of nitrogens with zero attached hydrogens (tertiary/aromatic N) is 4. The number of carboxylic acids is 1. The van der Waals surface area contributed by atoms with E-state index >= 15 is 0 Å². The lowest BCUT2D eigenvalue weighted by molar-refractivity contribution is -0.138. The van der Waals surface area contributed by atoms with E-state index in [1.54, 1.807) is 17.8 Å². The second-order valence-corrected chi connectivity index (χ2v) is 6.91. The molecule has 0 aliphatic heterocycles. The summed E-state index contributed by atoms with van der Waals surface area (Å²) < 4.78 is 1.65. The number of carbonyl (C=O) groups excluding carboxylic acids is 1. The molecule has 1 aromatic carbocycles. The molecule has 0 fully saturated rings. The first kappa shape index (κ1) is 19.5. The number of carboxylic acid groups (broad SMARTS) is 1. The van der Waals surface area contributed by atoms with Crippen LogP contribution in [0.1, 0.15) is 36.3 Å². The van der Waals surface area contributed by atoms with E-state index in [2.05, 4.69) is 5.10 Å². The van der Waals surface area contributed by atoms with Gasteiger partial charge in [0.05, 0.1) is 22.3 Å². The van der Waals surface area contributed by atoms with E-state index in [0.717, 1.165) is 5.56 Å². The van der Waals surface area contributed by atoms with E-state index in [-0.39, 0.29) is 18.5 Å². The summed E-state index contributed by atoms with van der Waals surface area (Å²) in [6.07, 6.45) is 0.658. The molecule has 1 N–H and O–H groups in total. The number of hydrogen-bond donors (Lipinski definition) is 1. The van der Waals surface area contributed by atoms with Crippen molar-refractivity contribution >= 4 is 22.9 Å². The Labute approximate surface area is 163 Å². The van der Waals surface area contributed by atoms with Crippen LogP contribution in [0.2, 0.25) is 0 Å². The van der Waals surface area contributed by atoms with Gasteiger partial charge in [0.15, 0.2) is 5.65 Å². The van der Waals surface area contributed by atoms with Gasteiger partial charge in [-0.3, -0.25) is 14.3 Å². The maximum absolute atomic E-state index is 13.4. The lowest BCUT2D eigenvalue weighted by atomic mass is 10.0. The van der Waals surface area contributed by atoms with Crippen LogP contribution in [0.15, 0.2) is 36.4 Å². The number of aromatic nitrogens is 3. The molecule has 1 unspecified atom stereocenters. The number of rotatable bonds is 6. The summed E-state index contributed by atoms with van der Waals surface area (Å²) in [4.78, 5) is 30.9. The number of aryl methyl sites for hydroxylation is 2. The van der Waals surface area contributed by atoms with Gasteiger partial charge in [0, 0.05) is 18.7 Å². The number of aliphatic carboxylic acids is 1. The lowest BCUT2D eigenvalue weighted by Gasteiger charge is -2.27. The van der Waals surface area contributed by atoms with Gasteiger partial charge < -0.3 is 10.0 Å². The Morgan fingerprint density at radius 1 is 1.25 bits per heavy atom. The van der Waals surface area contributed by atoms with Crippen LogP contribution in [0.4, 0.5) is 0 Å². The summed E-state index contributed by atoms with van der Waals surface area (Å²) in [7, 11) is 1.79. The maximum atomic E-state index is 13.4. The van der Waals surface area contributed by atoms with Crippen molar-refractivity contribution in [3.63, 3.8) is 0 Å². The Balaban J connectivity index is 2.23. The summed E-state index contributed by atoms with van der Waals surface area (Å²) >= 11 is 0. The molecule has 7 heteroatoms. The maximum Gasteiger partial charge on any atom is 0.323 e. The van der Waals surface area contributed by atoms with Crippen molar-refractivity contribution in [3.8, 4) is 11.3 Å². The Morgan fingerprint density at radius 3 is 2.54 bits per heavy atom. The minimum absolute atomic E-state index is 0.205. The van der Waals surface area contributed by atoms with Crippen LogP contribution in [-0.2, 0) is 11.8 Å². The van der Waals surface area contributed by atoms with E-state index < -0.39 is 5.97 Å². The first-order valence-corrected chi connectivity index (χ1v) is 9.26. The highest BCUT2D eigenvalue weighted by molar-refractivity contribution is 6.08. The third-order valence-corrected chi connectivity index (χ3v) is 4.96. The molecule has 7 nitrogen and oxygen atoms in total. The van der Waals surface area contributed by atoms with Gasteiger partial charge in [-0.2, -0.15) is 5.10 Å². The Morgan fingerprint density at radius 2 is 1.93 bits per heavy atom. The highest BCUT2D eigenvalue weighted by Gasteiger charge is 2.27. The third-order valence-electron chi connectivity index (χ3n) is 4.96. The first-order chi connectivity index (χ1) is 13.3. The molecular formula is C21H24N4O3. The molecule has 1 amide bonds. The molecular weight excluding hydrogens is 356 g/mol. The van der Waals surface area contributed by atoms with Crippen LogP contribution in [0.25, 0.3) is 22.3 Å². The highest BCUT2D eigenvalue weighted by Crippen LogP contribution is 2.28. The third kappa shape index (κ3) is 3.60. The second kappa shape index (κ2) is 7.80. The van der Waals surface area contributed by atoms with Crippen molar-refractivity contribution in [1.29, 1.82) is 0 Å². The molecule has 0 aliphatic rings. The molecule has 3 rings (SSSR count). The predicted molar refractivity (Wildman–Crippen MR) is 107 cm³/mol. The smallest absolute Gasteiger partial charge is 0.323 e. The summed E-state index contributed by atoms with van der Waals surface area (Å²) in [5.74, 6) is -1.36. The fraction of sp³-hybridized carbons (Fsp3) is 0.333. The monoisotopic (exact) mass is 380 g/mol. The quantitative estimate of drug-likeness (QED) is 0.709. The van der Waals surface area contributed by atoms with Crippen LogP contribution in [0.5, 0.6) is 0 Å². The number of amides is 1. The molecule has 0 spiro atoms. The van der Waals surface area contributed by atoms with Gasteiger partial charge in [0.1, 0.15) is 6.54 Å². The molecule has 0 bridgehead atoms.